The highest BCUT2D eigenvalue weighted by atomic mass is 16.5. The molecule has 17 heavy (non-hydrogen) atoms. The predicted octanol–water partition coefficient (Wildman–Crippen LogP) is 2.30. The van der Waals surface area contributed by atoms with E-state index in [4.69, 9.17) is 9.47 Å². The first-order valence-corrected chi connectivity index (χ1v) is 5.87. The van der Waals surface area contributed by atoms with Gasteiger partial charge in [-0.15, -0.1) is 0 Å². The Morgan fingerprint density at radius 1 is 1.18 bits per heavy atom. The van der Waals surface area contributed by atoms with Gasteiger partial charge in [0.1, 0.15) is 0 Å². The molecule has 4 nitrogen and oxygen atoms in total. The van der Waals surface area contributed by atoms with Crippen molar-refractivity contribution in [1.29, 1.82) is 0 Å². The molecule has 0 saturated carbocycles. The number of hydrogen-bond donors (Lipinski definition) is 2. The molecule has 0 aromatic heterocycles. The lowest BCUT2D eigenvalue weighted by Crippen LogP contribution is -2.14. The van der Waals surface area contributed by atoms with Crippen LogP contribution in [0.1, 0.15) is 25.3 Å². The smallest absolute Gasteiger partial charge is 0.200 e. The Morgan fingerprint density at radius 3 is 2.24 bits per heavy atom. The number of phenols is 1. The molecule has 0 unspecified atom stereocenters. The van der Waals surface area contributed by atoms with Crippen LogP contribution in [-0.4, -0.2) is 25.9 Å². The van der Waals surface area contributed by atoms with E-state index in [-0.39, 0.29) is 5.75 Å². The first-order valence-electron chi connectivity index (χ1n) is 5.87. The fourth-order valence-corrected chi connectivity index (χ4v) is 1.58. The minimum atomic E-state index is 0.0484. The summed E-state index contributed by atoms with van der Waals surface area (Å²) in [6, 6.07) is 3.63. The van der Waals surface area contributed by atoms with Gasteiger partial charge in [-0.05, 0) is 30.7 Å². The van der Waals surface area contributed by atoms with Crippen molar-refractivity contribution in [3.8, 4) is 17.2 Å². The standard InChI is InChI=1S/C13H21NO3/c1-4-5-6-14-9-10-7-11(16-2)13(15)12(8-10)17-3/h7-8,14-15H,4-6,9H2,1-3H3. The zero-order chi connectivity index (χ0) is 12.7. The van der Waals surface area contributed by atoms with E-state index in [0.29, 0.717) is 11.5 Å². The van der Waals surface area contributed by atoms with E-state index >= 15 is 0 Å². The van der Waals surface area contributed by atoms with Crippen molar-refractivity contribution in [1.82, 2.24) is 5.32 Å². The van der Waals surface area contributed by atoms with Crippen LogP contribution in [0.4, 0.5) is 0 Å². The van der Waals surface area contributed by atoms with Gasteiger partial charge in [-0.1, -0.05) is 13.3 Å². The van der Waals surface area contributed by atoms with Gasteiger partial charge in [-0.25, -0.2) is 0 Å². The minimum absolute atomic E-state index is 0.0484. The first kappa shape index (κ1) is 13.6. The second-order valence-corrected chi connectivity index (χ2v) is 3.88. The zero-order valence-electron chi connectivity index (χ0n) is 10.7. The van der Waals surface area contributed by atoms with Gasteiger partial charge in [0.05, 0.1) is 14.2 Å². The van der Waals surface area contributed by atoms with Crippen LogP contribution in [-0.2, 0) is 6.54 Å². The molecule has 96 valence electrons. The highest BCUT2D eigenvalue weighted by Gasteiger charge is 2.10. The Labute approximate surface area is 103 Å². The van der Waals surface area contributed by atoms with Gasteiger partial charge >= 0.3 is 0 Å². The molecule has 0 bridgehead atoms. The second kappa shape index (κ2) is 7.01. The Bertz CT molecular complexity index is 328. The summed E-state index contributed by atoms with van der Waals surface area (Å²) in [4.78, 5) is 0. The maximum Gasteiger partial charge on any atom is 0.200 e. The largest absolute Gasteiger partial charge is 0.502 e. The molecule has 0 fully saturated rings. The minimum Gasteiger partial charge on any atom is -0.502 e. The van der Waals surface area contributed by atoms with Crippen molar-refractivity contribution in [2.24, 2.45) is 0 Å². The van der Waals surface area contributed by atoms with Crippen LogP contribution in [0.25, 0.3) is 0 Å². The van der Waals surface area contributed by atoms with Gasteiger partial charge in [0.15, 0.2) is 11.5 Å². The van der Waals surface area contributed by atoms with Gasteiger partial charge in [0, 0.05) is 6.54 Å². The number of benzene rings is 1. The molecule has 0 aliphatic carbocycles. The third-order valence-corrected chi connectivity index (χ3v) is 2.58. The number of nitrogens with one attached hydrogen (secondary N) is 1. The lowest BCUT2D eigenvalue weighted by Gasteiger charge is -2.11. The van der Waals surface area contributed by atoms with Crippen molar-refractivity contribution in [3.63, 3.8) is 0 Å². The Morgan fingerprint density at radius 2 is 1.76 bits per heavy atom. The normalized spacial score (nSPS) is 10.3. The second-order valence-electron chi connectivity index (χ2n) is 3.88. The van der Waals surface area contributed by atoms with Crippen LogP contribution in [0.2, 0.25) is 0 Å². The lowest BCUT2D eigenvalue weighted by molar-refractivity contribution is 0.339. The third kappa shape index (κ3) is 3.82. The average molecular weight is 239 g/mol. The van der Waals surface area contributed by atoms with Crippen LogP contribution in [0.3, 0.4) is 0 Å². The number of methoxy groups -OCH3 is 2. The highest BCUT2D eigenvalue weighted by Crippen LogP contribution is 2.36. The number of phenolic OH excluding ortho intramolecular Hbond substituents is 1. The van der Waals surface area contributed by atoms with Crippen molar-refractivity contribution in [2.75, 3.05) is 20.8 Å². The Balaban J connectivity index is 2.71. The van der Waals surface area contributed by atoms with Crippen LogP contribution in [0, 0.1) is 0 Å². The number of hydrogen-bond acceptors (Lipinski definition) is 4. The monoisotopic (exact) mass is 239 g/mol. The van der Waals surface area contributed by atoms with E-state index < -0.39 is 0 Å². The summed E-state index contributed by atoms with van der Waals surface area (Å²) in [5, 5.41) is 13.1. The maximum absolute atomic E-state index is 9.75. The van der Waals surface area contributed by atoms with E-state index in [1.165, 1.54) is 20.6 Å². The molecule has 0 spiro atoms. The maximum atomic E-state index is 9.75. The molecule has 0 aliphatic heterocycles. The fourth-order valence-electron chi connectivity index (χ4n) is 1.58. The molecule has 0 heterocycles. The zero-order valence-corrected chi connectivity index (χ0v) is 10.7. The molecular formula is C13H21NO3. The Kier molecular flexibility index (Phi) is 5.63. The van der Waals surface area contributed by atoms with Crippen molar-refractivity contribution in [2.45, 2.75) is 26.3 Å². The fraction of sp³-hybridized carbons (Fsp3) is 0.538. The number of rotatable bonds is 7. The summed E-state index contributed by atoms with van der Waals surface area (Å²) in [6.07, 6.45) is 2.33. The summed E-state index contributed by atoms with van der Waals surface area (Å²) in [5.74, 6) is 0.931. The van der Waals surface area contributed by atoms with Gasteiger partial charge in [-0.3, -0.25) is 0 Å². The van der Waals surface area contributed by atoms with E-state index in [2.05, 4.69) is 12.2 Å². The van der Waals surface area contributed by atoms with Crippen LogP contribution < -0.4 is 14.8 Å². The lowest BCUT2D eigenvalue weighted by atomic mass is 10.1. The molecule has 0 radical (unpaired) electrons. The van der Waals surface area contributed by atoms with Gasteiger partial charge in [0.2, 0.25) is 5.75 Å². The van der Waals surface area contributed by atoms with Gasteiger partial charge in [0.25, 0.3) is 0 Å². The molecule has 1 aromatic rings. The quantitative estimate of drug-likeness (QED) is 0.717. The predicted molar refractivity (Wildman–Crippen MR) is 67.8 cm³/mol. The molecule has 1 rings (SSSR count). The van der Waals surface area contributed by atoms with E-state index in [9.17, 15) is 5.11 Å². The molecule has 2 N–H and O–H groups in total. The summed E-state index contributed by atoms with van der Waals surface area (Å²) in [5.41, 5.74) is 1.03. The summed E-state index contributed by atoms with van der Waals surface area (Å²) in [7, 11) is 3.06. The summed E-state index contributed by atoms with van der Waals surface area (Å²) in [6.45, 7) is 3.89. The molecule has 0 aliphatic rings. The van der Waals surface area contributed by atoms with Crippen molar-refractivity contribution >= 4 is 0 Å². The summed E-state index contributed by atoms with van der Waals surface area (Å²) < 4.78 is 10.2. The van der Waals surface area contributed by atoms with Gasteiger partial charge in [-0.2, -0.15) is 0 Å². The number of unbranched alkanes of at least 4 members (excludes halogenated alkanes) is 1. The van der Waals surface area contributed by atoms with Crippen molar-refractivity contribution < 1.29 is 14.6 Å². The molecule has 1 aromatic carbocycles. The molecule has 0 saturated heterocycles. The highest BCUT2D eigenvalue weighted by molar-refractivity contribution is 5.52. The Hall–Kier alpha value is -1.42. The molecule has 0 amide bonds. The van der Waals surface area contributed by atoms with Crippen LogP contribution in [0.15, 0.2) is 12.1 Å². The topological polar surface area (TPSA) is 50.7 Å². The van der Waals surface area contributed by atoms with E-state index in [0.717, 1.165) is 25.1 Å². The summed E-state index contributed by atoms with van der Waals surface area (Å²) >= 11 is 0. The number of aromatic hydroxyl groups is 1. The van der Waals surface area contributed by atoms with Gasteiger partial charge < -0.3 is 19.9 Å². The molecule has 0 atom stereocenters. The molecule has 4 heteroatoms. The third-order valence-electron chi connectivity index (χ3n) is 2.58. The molecular weight excluding hydrogens is 218 g/mol. The number of ether oxygens (including phenoxy) is 2. The first-order chi connectivity index (χ1) is 8.22. The van der Waals surface area contributed by atoms with E-state index in [1.54, 1.807) is 0 Å². The SMILES string of the molecule is CCCCNCc1cc(OC)c(O)c(OC)c1. The average Bonchev–Trinajstić information content (AvgIpc) is 2.36. The van der Waals surface area contributed by atoms with Crippen molar-refractivity contribution in [3.05, 3.63) is 17.7 Å². The van der Waals surface area contributed by atoms with Crippen LogP contribution >= 0.6 is 0 Å². The van der Waals surface area contributed by atoms with E-state index in [1.807, 2.05) is 12.1 Å². The van der Waals surface area contributed by atoms with Crippen LogP contribution in [0.5, 0.6) is 17.2 Å².